The highest BCUT2D eigenvalue weighted by Gasteiger charge is 2.11. The van der Waals surface area contributed by atoms with Gasteiger partial charge in [-0.3, -0.25) is 4.98 Å². The van der Waals surface area contributed by atoms with Crippen LogP contribution in [0.1, 0.15) is 5.69 Å². The van der Waals surface area contributed by atoms with Gasteiger partial charge in [0.2, 0.25) is 0 Å². The highest BCUT2D eigenvalue weighted by molar-refractivity contribution is 6.36. The lowest BCUT2D eigenvalue weighted by molar-refractivity contribution is 0.476. The van der Waals surface area contributed by atoms with Crippen LogP contribution < -0.4 is 5.43 Å². The Bertz CT molecular complexity index is 666. The van der Waals surface area contributed by atoms with Gasteiger partial charge >= 0.3 is 0 Å². The summed E-state index contributed by atoms with van der Waals surface area (Å²) in [4.78, 5) is 8.57. The average Bonchev–Trinajstić information content (AvgIpc) is 2.87. The first-order chi connectivity index (χ1) is 8.25. The molecular formula is C11H6ClN4O. The molecular weight excluding hydrogens is 240 g/mol. The van der Waals surface area contributed by atoms with Gasteiger partial charge in [-0.25, -0.2) is 4.98 Å². The van der Waals surface area contributed by atoms with Gasteiger partial charge in [-0.1, -0.05) is 11.6 Å². The van der Waals surface area contributed by atoms with Crippen molar-refractivity contribution in [3.05, 3.63) is 35.2 Å². The number of nitrogens with zero attached hydrogens (tertiary/aromatic N) is 4. The number of aromatic hydroxyl groups is 1. The average molecular weight is 246 g/mol. The third-order valence-corrected chi connectivity index (χ3v) is 2.76. The van der Waals surface area contributed by atoms with Gasteiger partial charge < -0.3 is 5.11 Å². The number of phenolic OH excluding ortho intramolecular Hbond substituents is 1. The quantitative estimate of drug-likeness (QED) is 0.834. The summed E-state index contributed by atoms with van der Waals surface area (Å²) >= 11 is 5.98. The summed E-state index contributed by atoms with van der Waals surface area (Å²) in [5, 5.41) is 13.4. The molecule has 0 aliphatic carbocycles. The number of aromatic nitrogens is 2. The number of halogens is 1. The summed E-state index contributed by atoms with van der Waals surface area (Å²) in [5.41, 5.74) is 6.19. The Balaban J connectivity index is 2.24. The van der Waals surface area contributed by atoms with E-state index in [4.69, 9.17) is 11.6 Å². The van der Waals surface area contributed by atoms with Crippen molar-refractivity contribution in [2.45, 2.75) is 0 Å². The summed E-state index contributed by atoms with van der Waals surface area (Å²) in [5.74, 6) is -0.00984. The largest absolute Gasteiger partial charge is 0.506 e. The molecule has 0 amide bonds. The van der Waals surface area contributed by atoms with Crippen LogP contribution in [-0.2, 0) is 0 Å². The molecule has 1 aromatic heterocycles. The van der Waals surface area contributed by atoms with Crippen LogP contribution >= 0.6 is 11.6 Å². The van der Waals surface area contributed by atoms with Crippen LogP contribution in [-0.4, -0.2) is 21.3 Å². The Kier molecular flexibility index (Phi) is 2.19. The molecule has 1 aliphatic rings. The Morgan fingerprint density at radius 3 is 2.88 bits per heavy atom. The number of allylic oxidation sites excluding steroid dienone is 1. The second-order valence-corrected chi connectivity index (χ2v) is 3.84. The molecule has 0 fully saturated rings. The van der Waals surface area contributed by atoms with Gasteiger partial charge in [0.25, 0.3) is 0 Å². The summed E-state index contributed by atoms with van der Waals surface area (Å²) in [6.07, 6.45) is 4.80. The van der Waals surface area contributed by atoms with E-state index in [0.717, 1.165) is 5.57 Å². The lowest BCUT2D eigenvalue weighted by Gasteiger charge is -2.03. The molecule has 0 unspecified atom stereocenters. The van der Waals surface area contributed by atoms with Gasteiger partial charge in [-0.15, -0.1) is 0 Å². The van der Waals surface area contributed by atoms with Gasteiger partial charge in [-0.05, 0) is 12.1 Å². The van der Waals surface area contributed by atoms with Gasteiger partial charge in [-0.2, -0.15) is 10.5 Å². The molecule has 2 aromatic rings. The summed E-state index contributed by atoms with van der Waals surface area (Å²) in [6.45, 7) is 0. The molecule has 1 radical (unpaired) electrons. The van der Waals surface area contributed by atoms with E-state index in [1.54, 1.807) is 24.7 Å². The second-order valence-electron chi connectivity index (χ2n) is 3.47. The predicted octanol–water partition coefficient (Wildman–Crippen LogP) is 1.93. The van der Waals surface area contributed by atoms with Crippen molar-refractivity contribution in [1.82, 2.24) is 15.4 Å². The van der Waals surface area contributed by atoms with Crippen LogP contribution in [0.3, 0.4) is 0 Å². The van der Waals surface area contributed by atoms with Crippen LogP contribution in [0.5, 0.6) is 5.75 Å². The highest BCUT2D eigenvalue weighted by atomic mass is 35.5. The van der Waals surface area contributed by atoms with Crippen LogP contribution in [0.25, 0.3) is 16.6 Å². The first-order valence-electron chi connectivity index (χ1n) is 4.83. The molecule has 0 spiro atoms. The molecule has 17 heavy (non-hydrogen) atoms. The van der Waals surface area contributed by atoms with E-state index < -0.39 is 0 Å². The van der Waals surface area contributed by atoms with Gasteiger partial charge in [0.15, 0.2) is 0 Å². The number of fused-ring (bicyclic) bond motifs is 1. The van der Waals surface area contributed by atoms with Crippen molar-refractivity contribution in [2.24, 2.45) is 5.10 Å². The number of phenols is 1. The monoisotopic (exact) mass is 245 g/mol. The molecule has 0 saturated carbocycles. The molecule has 0 bridgehead atoms. The summed E-state index contributed by atoms with van der Waals surface area (Å²) < 4.78 is 0. The summed E-state index contributed by atoms with van der Waals surface area (Å²) in [7, 11) is 0. The topological polar surface area (TPSA) is 72.5 Å². The number of hydrogen-bond donors (Lipinski definition) is 1. The molecule has 1 N–H and O–H groups in total. The molecule has 3 rings (SSSR count). The molecule has 1 aromatic carbocycles. The van der Waals surface area contributed by atoms with Crippen LogP contribution in [0, 0.1) is 0 Å². The molecule has 0 saturated heterocycles. The first kappa shape index (κ1) is 10.0. The van der Waals surface area contributed by atoms with E-state index in [9.17, 15) is 5.11 Å². The minimum absolute atomic E-state index is 0.00984. The second kappa shape index (κ2) is 3.71. The SMILES string of the molecule is Oc1ccc2ncc(C3=C[N]N=C3)nc2c1Cl. The lowest BCUT2D eigenvalue weighted by atomic mass is 10.2. The first-order valence-corrected chi connectivity index (χ1v) is 5.21. The van der Waals surface area contributed by atoms with E-state index >= 15 is 0 Å². The molecule has 2 heterocycles. The smallest absolute Gasteiger partial charge is 0.136 e. The highest BCUT2D eigenvalue weighted by Crippen LogP contribution is 2.30. The third-order valence-electron chi connectivity index (χ3n) is 2.39. The van der Waals surface area contributed by atoms with E-state index in [1.165, 1.54) is 6.07 Å². The molecule has 0 atom stereocenters. The fourth-order valence-electron chi connectivity index (χ4n) is 1.53. The summed E-state index contributed by atoms with van der Waals surface area (Å²) in [6, 6.07) is 3.15. The Morgan fingerprint density at radius 1 is 1.24 bits per heavy atom. The van der Waals surface area contributed by atoms with Gasteiger partial charge in [0, 0.05) is 5.57 Å². The molecule has 5 nitrogen and oxygen atoms in total. The number of rotatable bonds is 1. The number of hydrogen-bond acceptors (Lipinski definition) is 4. The van der Waals surface area contributed by atoms with E-state index in [2.05, 4.69) is 20.5 Å². The van der Waals surface area contributed by atoms with Crippen molar-refractivity contribution in [3.63, 3.8) is 0 Å². The zero-order valence-corrected chi connectivity index (χ0v) is 9.26. The maximum Gasteiger partial charge on any atom is 0.136 e. The maximum atomic E-state index is 9.51. The standard InChI is InChI=1S/C11H6ClN4O/c12-10-9(17)2-1-7-11(10)16-8(5-13-7)6-3-14-15-4-6/h1-5,17H. The van der Waals surface area contributed by atoms with Crippen molar-refractivity contribution >= 4 is 34.4 Å². The predicted molar refractivity (Wildman–Crippen MR) is 64.8 cm³/mol. The number of benzene rings is 1. The van der Waals surface area contributed by atoms with E-state index in [1.807, 2.05) is 0 Å². The van der Waals surface area contributed by atoms with Crippen LogP contribution in [0.4, 0.5) is 0 Å². The van der Waals surface area contributed by atoms with E-state index in [-0.39, 0.29) is 10.8 Å². The Morgan fingerprint density at radius 2 is 2.12 bits per heavy atom. The molecule has 6 heteroatoms. The van der Waals surface area contributed by atoms with E-state index in [0.29, 0.717) is 16.7 Å². The van der Waals surface area contributed by atoms with Crippen LogP contribution in [0.2, 0.25) is 5.02 Å². The van der Waals surface area contributed by atoms with Crippen molar-refractivity contribution in [1.29, 1.82) is 0 Å². The van der Waals surface area contributed by atoms with Gasteiger partial charge in [0.05, 0.1) is 29.8 Å². The van der Waals surface area contributed by atoms with Crippen molar-refractivity contribution < 1.29 is 5.11 Å². The molecule has 1 aliphatic heterocycles. The third kappa shape index (κ3) is 1.60. The Labute approximate surface area is 101 Å². The fourth-order valence-corrected chi connectivity index (χ4v) is 1.73. The normalized spacial score (nSPS) is 13.8. The zero-order chi connectivity index (χ0) is 11.8. The fraction of sp³-hybridized carbons (Fsp3) is 0. The zero-order valence-electron chi connectivity index (χ0n) is 8.50. The van der Waals surface area contributed by atoms with Gasteiger partial charge in [0.1, 0.15) is 16.3 Å². The molecule has 83 valence electrons. The van der Waals surface area contributed by atoms with Crippen LogP contribution in [0.15, 0.2) is 29.6 Å². The minimum Gasteiger partial charge on any atom is -0.506 e. The Hall–Kier alpha value is -2.14. The lowest BCUT2D eigenvalue weighted by Crippen LogP contribution is -1.93. The van der Waals surface area contributed by atoms with Crippen molar-refractivity contribution in [3.8, 4) is 5.75 Å². The minimum atomic E-state index is -0.00984. The maximum absolute atomic E-state index is 9.51. The van der Waals surface area contributed by atoms with Crippen molar-refractivity contribution in [2.75, 3.05) is 0 Å².